The number of rotatable bonds is 3. The lowest BCUT2D eigenvalue weighted by molar-refractivity contribution is 0.242. The van der Waals surface area contributed by atoms with Crippen molar-refractivity contribution < 1.29 is 4.74 Å². The predicted molar refractivity (Wildman–Crippen MR) is 42.2 cm³/mol. The lowest BCUT2D eigenvalue weighted by atomic mass is 10.5. The molecule has 0 spiro atoms. The highest BCUT2D eigenvalue weighted by Crippen LogP contribution is 2.09. The first-order chi connectivity index (χ1) is 5.22. The zero-order valence-corrected chi connectivity index (χ0v) is 6.82. The summed E-state index contributed by atoms with van der Waals surface area (Å²) in [5.41, 5.74) is 5.34. The number of nitrogens with zero attached hydrogens (tertiary/aromatic N) is 2. The molecule has 0 amide bonds. The van der Waals surface area contributed by atoms with Gasteiger partial charge >= 0.3 is 0 Å². The number of nitrogens with two attached hydrogens (primary N) is 1. The maximum Gasteiger partial charge on any atom is 0.157 e. The second-order valence-electron chi connectivity index (χ2n) is 2.56. The van der Waals surface area contributed by atoms with E-state index < -0.39 is 0 Å². The van der Waals surface area contributed by atoms with E-state index in [0.29, 0.717) is 6.67 Å². The molecule has 1 rings (SSSR count). The highest BCUT2D eigenvalue weighted by molar-refractivity contribution is 5.11. The molecule has 0 fully saturated rings. The van der Waals surface area contributed by atoms with Crippen LogP contribution in [0.15, 0.2) is 12.4 Å². The maximum atomic E-state index is 5.36. The smallest absolute Gasteiger partial charge is 0.157 e. The summed E-state index contributed by atoms with van der Waals surface area (Å²) in [4.78, 5) is 0. The largest absolute Gasteiger partial charge is 0.488 e. The van der Waals surface area contributed by atoms with Crippen LogP contribution in [-0.2, 0) is 6.67 Å². The van der Waals surface area contributed by atoms with Gasteiger partial charge in [0.15, 0.2) is 5.75 Å². The first-order valence-corrected chi connectivity index (χ1v) is 3.61. The first-order valence-electron chi connectivity index (χ1n) is 3.61. The van der Waals surface area contributed by atoms with E-state index in [9.17, 15) is 0 Å². The van der Waals surface area contributed by atoms with Crippen molar-refractivity contribution in [3.05, 3.63) is 12.4 Å². The standard InChI is InChI=1S/C7H13N3O/c1-6(2)11-7-3-9-10(4-7)5-8/h3-4,6H,5,8H2,1-2H3. The van der Waals surface area contributed by atoms with Gasteiger partial charge in [0.05, 0.1) is 25.2 Å². The van der Waals surface area contributed by atoms with Crippen molar-refractivity contribution in [1.29, 1.82) is 0 Å². The molecule has 0 bridgehead atoms. The second kappa shape index (κ2) is 3.39. The summed E-state index contributed by atoms with van der Waals surface area (Å²) in [6.07, 6.45) is 3.62. The van der Waals surface area contributed by atoms with Gasteiger partial charge in [-0.05, 0) is 13.8 Å². The Balaban J connectivity index is 2.58. The van der Waals surface area contributed by atoms with Crippen LogP contribution in [0.5, 0.6) is 5.75 Å². The van der Waals surface area contributed by atoms with Crippen LogP contribution in [-0.4, -0.2) is 15.9 Å². The third-order valence-corrected chi connectivity index (χ3v) is 1.17. The van der Waals surface area contributed by atoms with Gasteiger partial charge in [-0.1, -0.05) is 0 Å². The molecule has 4 heteroatoms. The molecule has 0 aliphatic carbocycles. The highest BCUT2D eigenvalue weighted by atomic mass is 16.5. The Hall–Kier alpha value is -1.03. The molecule has 0 radical (unpaired) electrons. The van der Waals surface area contributed by atoms with Gasteiger partial charge in [-0.25, -0.2) is 0 Å². The molecule has 1 heterocycles. The van der Waals surface area contributed by atoms with E-state index in [1.807, 2.05) is 13.8 Å². The summed E-state index contributed by atoms with van der Waals surface area (Å²) in [6.45, 7) is 4.33. The zero-order valence-electron chi connectivity index (χ0n) is 6.82. The van der Waals surface area contributed by atoms with Crippen molar-refractivity contribution in [1.82, 2.24) is 9.78 Å². The van der Waals surface area contributed by atoms with Crippen LogP contribution in [0.25, 0.3) is 0 Å². The lowest BCUT2D eigenvalue weighted by Gasteiger charge is -2.04. The Kier molecular flexibility index (Phi) is 2.48. The van der Waals surface area contributed by atoms with Crippen molar-refractivity contribution in [2.45, 2.75) is 26.6 Å². The Labute approximate surface area is 66.0 Å². The van der Waals surface area contributed by atoms with Crippen LogP contribution < -0.4 is 10.5 Å². The average Bonchev–Trinajstić information content (AvgIpc) is 2.34. The van der Waals surface area contributed by atoms with Gasteiger partial charge in [-0.3, -0.25) is 4.68 Å². The molecular formula is C7H13N3O. The summed E-state index contributed by atoms with van der Waals surface area (Å²) >= 11 is 0. The molecule has 0 atom stereocenters. The maximum absolute atomic E-state index is 5.36. The Morgan fingerprint density at radius 3 is 2.91 bits per heavy atom. The second-order valence-corrected chi connectivity index (χ2v) is 2.56. The lowest BCUT2D eigenvalue weighted by Crippen LogP contribution is -2.07. The monoisotopic (exact) mass is 155 g/mol. The van der Waals surface area contributed by atoms with Crippen LogP contribution in [0.1, 0.15) is 13.8 Å². The molecule has 0 aliphatic rings. The fourth-order valence-corrected chi connectivity index (χ4v) is 0.777. The number of hydrogen-bond donors (Lipinski definition) is 1. The molecule has 11 heavy (non-hydrogen) atoms. The van der Waals surface area contributed by atoms with E-state index in [-0.39, 0.29) is 6.10 Å². The van der Waals surface area contributed by atoms with Crippen LogP contribution in [0.2, 0.25) is 0 Å². The third-order valence-electron chi connectivity index (χ3n) is 1.17. The minimum atomic E-state index is 0.186. The summed E-state index contributed by atoms with van der Waals surface area (Å²) < 4.78 is 6.98. The molecule has 0 saturated carbocycles. The minimum Gasteiger partial charge on any atom is -0.488 e. The Morgan fingerprint density at radius 2 is 2.45 bits per heavy atom. The molecule has 1 aromatic heterocycles. The fourth-order valence-electron chi connectivity index (χ4n) is 0.777. The van der Waals surface area contributed by atoms with Crippen LogP contribution in [0.4, 0.5) is 0 Å². The van der Waals surface area contributed by atoms with Gasteiger partial charge in [0.1, 0.15) is 0 Å². The molecule has 4 nitrogen and oxygen atoms in total. The summed E-state index contributed by atoms with van der Waals surface area (Å²) in [5.74, 6) is 0.769. The summed E-state index contributed by atoms with van der Waals surface area (Å²) in [7, 11) is 0. The number of hydrogen-bond acceptors (Lipinski definition) is 3. The van der Waals surface area contributed by atoms with Crippen molar-refractivity contribution in [2.24, 2.45) is 5.73 Å². The third kappa shape index (κ3) is 2.23. The van der Waals surface area contributed by atoms with E-state index in [0.717, 1.165) is 5.75 Å². The van der Waals surface area contributed by atoms with Gasteiger partial charge < -0.3 is 10.5 Å². The molecule has 1 aromatic rings. The quantitative estimate of drug-likeness (QED) is 0.695. The predicted octanol–water partition coefficient (Wildman–Crippen LogP) is 0.586. The van der Waals surface area contributed by atoms with Gasteiger partial charge in [-0.15, -0.1) is 0 Å². The fraction of sp³-hybridized carbons (Fsp3) is 0.571. The van der Waals surface area contributed by atoms with Crippen LogP contribution >= 0.6 is 0 Å². The van der Waals surface area contributed by atoms with Crippen molar-refractivity contribution in [3.8, 4) is 5.75 Å². The van der Waals surface area contributed by atoms with Gasteiger partial charge in [0.25, 0.3) is 0 Å². The SMILES string of the molecule is CC(C)Oc1cnn(CN)c1. The normalized spacial score (nSPS) is 10.5. The average molecular weight is 155 g/mol. The van der Waals surface area contributed by atoms with Crippen molar-refractivity contribution in [2.75, 3.05) is 0 Å². The van der Waals surface area contributed by atoms with E-state index in [1.165, 1.54) is 0 Å². The minimum absolute atomic E-state index is 0.186. The van der Waals surface area contributed by atoms with Crippen molar-refractivity contribution >= 4 is 0 Å². The van der Waals surface area contributed by atoms with Crippen LogP contribution in [0, 0.1) is 0 Å². The van der Waals surface area contributed by atoms with E-state index >= 15 is 0 Å². The van der Waals surface area contributed by atoms with Gasteiger partial charge in [-0.2, -0.15) is 5.10 Å². The van der Waals surface area contributed by atoms with E-state index in [4.69, 9.17) is 10.5 Å². The molecule has 0 unspecified atom stereocenters. The molecule has 2 N–H and O–H groups in total. The zero-order chi connectivity index (χ0) is 8.27. The van der Waals surface area contributed by atoms with Gasteiger partial charge in [0, 0.05) is 0 Å². The van der Waals surface area contributed by atoms with Crippen molar-refractivity contribution in [3.63, 3.8) is 0 Å². The van der Waals surface area contributed by atoms with E-state index in [1.54, 1.807) is 17.1 Å². The topological polar surface area (TPSA) is 53.1 Å². The molecule has 0 aliphatic heterocycles. The Morgan fingerprint density at radius 1 is 1.73 bits per heavy atom. The Bertz CT molecular complexity index is 219. The number of aromatic nitrogens is 2. The number of ether oxygens (including phenoxy) is 1. The molecule has 62 valence electrons. The summed E-state index contributed by atoms with van der Waals surface area (Å²) in [6, 6.07) is 0. The molecule has 0 aromatic carbocycles. The van der Waals surface area contributed by atoms with Gasteiger partial charge in [0.2, 0.25) is 0 Å². The van der Waals surface area contributed by atoms with E-state index in [2.05, 4.69) is 5.10 Å². The molecular weight excluding hydrogens is 142 g/mol. The highest BCUT2D eigenvalue weighted by Gasteiger charge is 1.99. The summed E-state index contributed by atoms with van der Waals surface area (Å²) in [5, 5.41) is 3.95. The van der Waals surface area contributed by atoms with Crippen LogP contribution in [0.3, 0.4) is 0 Å². The first kappa shape index (κ1) is 8.07. The molecule has 0 saturated heterocycles.